The maximum absolute atomic E-state index is 12.9. The molecule has 1 aliphatic rings. The highest BCUT2D eigenvalue weighted by molar-refractivity contribution is 9.10. The van der Waals surface area contributed by atoms with Gasteiger partial charge in [-0.2, -0.15) is 13.2 Å². The predicted molar refractivity (Wildman–Crippen MR) is 103 cm³/mol. The molecule has 6 nitrogen and oxygen atoms in total. The SMILES string of the molecule is Nn1c(SCc2cc(Br)cc3c2OC(c2ccccc2)OC3)nnc1C(F)(F)F. The van der Waals surface area contributed by atoms with E-state index < -0.39 is 18.3 Å². The molecule has 2 N–H and O–H groups in total. The molecule has 29 heavy (non-hydrogen) atoms. The van der Waals surface area contributed by atoms with Crippen molar-refractivity contribution in [2.75, 3.05) is 5.84 Å². The topological polar surface area (TPSA) is 75.2 Å². The van der Waals surface area contributed by atoms with Crippen molar-refractivity contribution in [2.24, 2.45) is 0 Å². The molecule has 0 aliphatic carbocycles. The lowest BCUT2D eigenvalue weighted by Gasteiger charge is -2.28. The van der Waals surface area contributed by atoms with E-state index in [1.54, 1.807) is 0 Å². The second-order valence-corrected chi connectivity index (χ2v) is 8.05. The Morgan fingerprint density at radius 1 is 1.21 bits per heavy atom. The van der Waals surface area contributed by atoms with E-state index in [-0.39, 0.29) is 10.9 Å². The van der Waals surface area contributed by atoms with Crippen molar-refractivity contribution in [1.82, 2.24) is 14.9 Å². The molecule has 152 valence electrons. The van der Waals surface area contributed by atoms with Crippen LogP contribution in [-0.4, -0.2) is 14.9 Å². The fourth-order valence-electron chi connectivity index (χ4n) is 2.87. The number of hydrogen-bond donors (Lipinski definition) is 1. The third-order valence-electron chi connectivity index (χ3n) is 4.17. The molecule has 2 heterocycles. The number of rotatable bonds is 4. The molecule has 0 saturated carbocycles. The van der Waals surface area contributed by atoms with Gasteiger partial charge in [0, 0.05) is 26.9 Å². The van der Waals surface area contributed by atoms with Crippen LogP contribution in [0.1, 0.15) is 28.8 Å². The first-order chi connectivity index (χ1) is 13.8. The zero-order valence-electron chi connectivity index (χ0n) is 14.7. The largest absolute Gasteiger partial charge is 0.460 e. The zero-order chi connectivity index (χ0) is 20.6. The number of nitrogens with zero attached hydrogens (tertiary/aromatic N) is 3. The van der Waals surface area contributed by atoms with Gasteiger partial charge in [0.05, 0.1) is 6.61 Å². The molecule has 0 spiro atoms. The number of nitrogens with two attached hydrogens (primary N) is 1. The lowest BCUT2D eigenvalue weighted by Crippen LogP contribution is -2.21. The van der Waals surface area contributed by atoms with E-state index in [1.807, 2.05) is 42.5 Å². The predicted octanol–water partition coefficient (Wildman–Crippen LogP) is 4.67. The van der Waals surface area contributed by atoms with E-state index >= 15 is 0 Å². The summed E-state index contributed by atoms with van der Waals surface area (Å²) < 4.78 is 51.7. The molecule has 0 saturated heterocycles. The maximum atomic E-state index is 12.9. The Kier molecular flexibility index (Phi) is 5.45. The van der Waals surface area contributed by atoms with E-state index in [0.717, 1.165) is 32.9 Å². The van der Waals surface area contributed by atoms with Crippen molar-refractivity contribution in [1.29, 1.82) is 0 Å². The molecule has 0 amide bonds. The Balaban J connectivity index is 1.58. The summed E-state index contributed by atoms with van der Waals surface area (Å²) in [6.45, 7) is 0.345. The number of thioether (sulfide) groups is 1. The standard InChI is InChI=1S/C18H14BrF3N4O2S/c19-13-6-11-8-27-15(10-4-2-1-3-5-10)28-14(11)12(7-13)9-29-17-25-24-16(26(17)23)18(20,21)22/h1-7,15H,8-9,23H2. The molecule has 11 heteroatoms. The van der Waals surface area contributed by atoms with Gasteiger partial charge in [-0.05, 0) is 12.1 Å². The molecular weight excluding hydrogens is 473 g/mol. The molecule has 2 aromatic carbocycles. The maximum Gasteiger partial charge on any atom is 0.453 e. The Labute approximate surface area is 176 Å². The molecule has 0 bridgehead atoms. The fraction of sp³-hybridized carbons (Fsp3) is 0.222. The lowest BCUT2D eigenvalue weighted by atomic mass is 10.1. The smallest absolute Gasteiger partial charge is 0.453 e. The normalized spacial score (nSPS) is 16.3. The summed E-state index contributed by atoms with van der Waals surface area (Å²) >= 11 is 4.48. The third-order valence-corrected chi connectivity index (χ3v) is 5.62. The van der Waals surface area contributed by atoms with Crippen LogP contribution in [-0.2, 0) is 23.3 Å². The van der Waals surface area contributed by atoms with Crippen molar-refractivity contribution >= 4 is 27.7 Å². The van der Waals surface area contributed by atoms with Crippen molar-refractivity contribution in [3.05, 3.63) is 69.5 Å². The van der Waals surface area contributed by atoms with Crippen LogP contribution in [0.2, 0.25) is 0 Å². The number of benzene rings is 2. The van der Waals surface area contributed by atoms with Gasteiger partial charge < -0.3 is 15.3 Å². The average molecular weight is 487 g/mol. The van der Waals surface area contributed by atoms with Gasteiger partial charge in [-0.3, -0.25) is 0 Å². The highest BCUT2D eigenvalue weighted by atomic mass is 79.9. The summed E-state index contributed by atoms with van der Waals surface area (Å²) in [5.41, 5.74) is 2.49. The number of hydrogen-bond acceptors (Lipinski definition) is 6. The van der Waals surface area contributed by atoms with Gasteiger partial charge >= 0.3 is 6.18 Å². The minimum Gasteiger partial charge on any atom is -0.460 e. The second kappa shape index (κ2) is 7.88. The van der Waals surface area contributed by atoms with Crippen molar-refractivity contribution in [2.45, 2.75) is 30.0 Å². The first-order valence-electron chi connectivity index (χ1n) is 8.38. The highest BCUT2D eigenvalue weighted by Gasteiger charge is 2.38. The molecule has 0 fully saturated rings. The summed E-state index contributed by atoms with van der Waals surface area (Å²) in [4.78, 5) is 0. The third kappa shape index (κ3) is 4.21. The van der Waals surface area contributed by atoms with Gasteiger partial charge in [0.1, 0.15) is 5.75 Å². The number of halogens is 4. The monoisotopic (exact) mass is 486 g/mol. The molecule has 0 radical (unpaired) electrons. The van der Waals surface area contributed by atoms with Crippen molar-refractivity contribution in [3.63, 3.8) is 0 Å². The van der Waals surface area contributed by atoms with Crippen molar-refractivity contribution < 1.29 is 22.6 Å². The summed E-state index contributed by atoms with van der Waals surface area (Å²) in [6.07, 6.45) is -5.23. The second-order valence-electron chi connectivity index (χ2n) is 6.19. The van der Waals surface area contributed by atoms with Crippen LogP contribution in [0.4, 0.5) is 13.2 Å². The number of aromatic nitrogens is 3. The van der Waals surface area contributed by atoms with Gasteiger partial charge in [0.2, 0.25) is 11.4 Å². The van der Waals surface area contributed by atoms with Crippen molar-refractivity contribution in [3.8, 4) is 5.75 Å². The van der Waals surface area contributed by atoms with Gasteiger partial charge in [-0.1, -0.05) is 58.0 Å². The van der Waals surface area contributed by atoms with Crippen LogP contribution in [0, 0.1) is 0 Å². The van der Waals surface area contributed by atoms with Gasteiger partial charge in [-0.15, -0.1) is 10.2 Å². The summed E-state index contributed by atoms with van der Waals surface area (Å²) in [5, 5.41) is 6.64. The fourth-order valence-corrected chi connectivity index (χ4v) is 4.25. The average Bonchev–Trinajstić information content (AvgIpc) is 3.07. The molecule has 4 rings (SSSR count). The van der Waals surface area contributed by atoms with Crippen LogP contribution in [0.15, 0.2) is 52.1 Å². The number of nitrogen functional groups attached to an aromatic ring is 1. The lowest BCUT2D eigenvalue weighted by molar-refractivity contribution is -0.146. The zero-order valence-corrected chi connectivity index (χ0v) is 17.1. The van der Waals surface area contributed by atoms with Crippen LogP contribution in [0.25, 0.3) is 0 Å². The summed E-state index contributed by atoms with van der Waals surface area (Å²) in [7, 11) is 0. The number of fused-ring (bicyclic) bond motifs is 1. The Hall–Kier alpha value is -2.24. The van der Waals surface area contributed by atoms with Gasteiger partial charge in [0.15, 0.2) is 0 Å². The van der Waals surface area contributed by atoms with E-state index in [4.69, 9.17) is 15.3 Å². The Bertz CT molecular complexity index is 1030. The highest BCUT2D eigenvalue weighted by Crippen LogP contribution is 2.40. The van der Waals surface area contributed by atoms with Gasteiger partial charge in [-0.25, -0.2) is 4.68 Å². The minimum absolute atomic E-state index is 0.0438. The molecule has 1 unspecified atom stereocenters. The van der Waals surface area contributed by atoms with E-state index in [2.05, 4.69) is 26.1 Å². The molecule has 1 aliphatic heterocycles. The first kappa shape index (κ1) is 20.0. The van der Waals surface area contributed by atoms with E-state index in [9.17, 15) is 13.2 Å². The van der Waals surface area contributed by atoms with Crippen LogP contribution >= 0.6 is 27.7 Å². The number of ether oxygens (including phenoxy) is 2. The molecule has 3 aromatic rings. The summed E-state index contributed by atoms with van der Waals surface area (Å²) in [5.74, 6) is 5.19. The number of alkyl halides is 3. The Morgan fingerprint density at radius 3 is 2.66 bits per heavy atom. The molecule has 1 atom stereocenters. The summed E-state index contributed by atoms with van der Waals surface area (Å²) in [6, 6.07) is 13.2. The van der Waals surface area contributed by atoms with Crippen LogP contribution in [0.3, 0.4) is 0 Å². The minimum atomic E-state index is -4.67. The first-order valence-corrected chi connectivity index (χ1v) is 10.2. The van der Waals surface area contributed by atoms with Crippen LogP contribution in [0.5, 0.6) is 5.75 Å². The van der Waals surface area contributed by atoms with Crippen LogP contribution < -0.4 is 10.6 Å². The quantitative estimate of drug-likeness (QED) is 0.426. The van der Waals surface area contributed by atoms with Gasteiger partial charge in [0.25, 0.3) is 5.82 Å². The van der Waals surface area contributed by atoms with E-state index in [0.29, 0.717) is 17.0 Å². The molecule has 1 aromatic heterocycles. The molecular formula is C18H14BrF3N4O2S. The van der Waals surface area contributed by atoms with E-state index in [1.165, 1.54) is 0 Å². The Morgan fingerprint density at radius 2 is 1.97 bits per heavy atom.